The summed E-state index contributed by atoms with van der Waals surface area (Å²) in [4.78, 5) is 14.2. The molecule has 1 aliphatic rings. The molecule has 1 aliphatic heterocycles. The van der Waals surface area contributed by atoms with Crippen molar-refractivity contribution in [1.82, 2.24) is 5.32 Å². The van der Waals surface area contributed by atoms with Gasteiger partial charge in [0.2, 0.25) is 5.91 Å². The Balaban J connectivity index is 1.57. The van der Waals surface area contributed by atoms with Gasteiger partial charge in [-0.25, -0.2) is 4.39 Å². The van der Waals surface area contributed by atoms with Crippen LogP contribution in [0.15, 0.2) is 55.1 Å². The summed E-state index contributed by atoms with van der Waals surface area (Å²) in [5.74, 6) is 0.593. The quantitative estimate of drug-likeness (QED) is 0.451. The number of carbonyl (C=O) groups excluding carboxylic acids is 1. The molecule has 1 N–H and O–H groups in total. The monoisotopic (exact) mass is 454 g/mol. The minimum atomic E-state index is -0.301. The van der Waals surface area contributed by atoms with Crippen LogP contribution < -0.4 is 19.7 Å². The van der Waals surface area contributed by atoms with Crippen molar-refractivity contribution < 1.29 is 23.4 Å². The average Bonchev–Trinajstić information content (AvgIpc) is 2.79. The fourth-order valence-electron chi connectivity index (χ4n) is 3.77. The molecule has 2 atom stereocenters. The summed E-state index contributed by atoms with van der Waals surface area (Å²) in [6.07, 6.45) is 4.87. The molecule has 2 unspecified atom stereocenters. The zero-order valence-electron chi connectivity index (χ0n) is 19.3. The first-order valence-corrected chi connectivity index (χ1v) is 11.0. The van der Waals surface area contributed by atoms with E-state index >= 15 is 0 Å². The van der Waals surface area contributed by atoms with Crippen LogP contribution in [0.25, 0.3) is 6.08 Å². The maximum Gasteiger partial charge on any atom is 0.244 e. The lowest BCUT2D eigenvalue weighted by Crippen LogP contribution is -2.45. The van der Waals surface area contributed by atoms with E-state index < -0.39 is 0 Å². The molecule has 33 heavy (non-hydrogen) atoms. The van der Waals surface area contributed by atoms with E-state index in [-0.39, 0.29) is 30.5 Å². The number of ether oxygens (including phenoxy) is 3. The Kier molecular flexibility index (Phi) is 8.49. The van der Waals surface area contributed by atoms with E-state index in [4.69, 9.17) is 14.2 Å². The normalized spacial score (nSPS) is 18.2. The summed E-state index contributed by atoms with van der Waals surface area (Å²) in [6, 6.07) is 10.5. The van der Waals surface area contributed by atoms with E-state index in [1.165, 1.54) is 12.1 Å². The number of methoxy groups -OCH3 is 1. The molecule has 2 aromatic rings. The Morgan fingerprint density at radius 2 is 1.97 bits per heavy atom. The summed E-state index contributed by atoms with van der Waals surface area (Å²) in [5, 5.41) is 2.78. The first-order chi connectivity index (χ1) is 15.9. The first kappa shape index (κ1) is 24.3. The number of anilines is 1. The predicted octanol–water partition coefficient (Wildman–Crippen LogP) is 4.34. The van der Waals surface area contributed by atoms with E-state index in [9.17, 15) is 9.18 Å². The van der Waals surface area contributed by atoms with Gasteiger partial charge in [-0.2, -0.15) is 0 Å². The third-order valence-corrected chi connectivity index (χ3v) is 5.21. The number of nitrogens with one attached hydrogen (secondary N) is 1. The van der Waals surface area contributed by atoms with Gasteiger partial charge in [0.15, 0.2) is 11.5 Å². The topological polar surface area (TPSA) is 60.0 Å². The third kappa shape index (κ3) is 6.83. The highest BCUT2D eigenvalue weighted by Crippen LogP contribution is 2.28. The molecule has 1 fully saturated rings. The third-order valence-electron chi connectivity index (χ3n) is 5.21. The van der Waals surface area contributed by atoms with Gasteiger partial charge in [-0.3, -0.25) is 4.79 Å². The highest BCUT2D eigenvalue weighted by Gasteiger charge is 2.24. The smallest absolute Gasteiger partial charge is 0.244 e. The van der Waals surface area contributed by atoms with Gasteiger partial charge < -0.3 is 24.4 Å². The van der Waals surface area contributed by atoms with Gasteiger partial charge in [0.05, 0.1) is 25.0 Å². The maximum absolute atomic E-state index is 14.7. The molecule has 0 aliphatic carbocycles. The fourth-order valence-corrected chi connectivity index (χ4v) is 3.77. The summed E-state index contributed by atoms with van der Waals surface area (Å²) >= 11 is 0. The molecule has 0 bridgehead atoms. The number of halogens is 1. The number of hydrogen-bond donors (Lipinski definition) is 1. The summed E-state index contributed by atoms with van der Waals surface area (Å²) in [5.41, 5.74) is 2.04. The molecule has 176 valence electrons. The Hall–Kier alpha value is -3.32. The molecule has 2 aromatic carbocycles. The Morgan fingerprint density at radius 3 is 2.64 bits per heavy atom. The van der Waals surface area contributed by atoms with Crippen LogP contribution in [0.4, 0.5) is 10.1 Å². The van der Waals surface area contributed by atoms with Gasteiger partial charge in [-0.05, 0) is 55.3 Å². The van der Waals surface area contributed by atoms with Crippen LogP contribution in [0.1, 0.15) is 25.0 Å². The number of rotatable bonds is 9. The van der Waals surface area contributed by atoms with Crippen molar-refractivity contribution in [2.45, 2.75) is 32.6 Å². The van der Waals surface area contributed by atoms with Crippen LogP contribution in [-0.2, 0) is 16.1 Å². The highest BCUT2D eigenvalue weighted by atomic mass is 19.1. The highest BCUT2D eigenvalue weighted by molar-refractivity contribution is 5.91. The van der Waals surface area contributed by atoms with Gasteiger partial charge in [0.1, 0.15) is 12.4 Å². The summed E-state index contributed by atoms with van der Waals surface area (Å²) < 4.78 is 31.3. The Bertz CT molecular complexity index is 998. The van der Waals surface area contributed by atoms with Crippen molar-refractivity contribution in [3.05, 3.63) is 72.1 Å². The Morgan fingerprint density at radius 1 is 1.21 bits per heavy atom. The molecule has 1 saturated heterocycles. The molecule has 1 amide bonds. The maximum atomic E-state index is 14.7. The second-order valence-corrected chi connectivity index (χ2v) is 8.01. The second-order valence-electron chi connectivity index (χ2n) is 8.01. The molecular formula is C26H31FN2O4. The molecule has 0 saturated carbocycles. The molecule has 0 radical (unpaired) electrons. The molecule has 0 spiro atoms. The largest absolute Gasteiger partial charge is 0.493 e. The molecule has 0 aromatic heterocycles. The lowest BCUT2D eigenvalue weighted by atomic mass is 10.1. The number of benzene rings is 2. The number of morpholine rings is 1. The van der Waals surface area contributed by atoms with Crippen molar-refractivity contribution in [2.24, 2.45) is 0 Å². The second kappa shape index (κ2) is 11.5. The van der Waals surface area contributed by atoms with Gasteiger partial charge >= 0.3 is 0 Å². The first-order valence-electron chi connectivity index (χ1n) is 11.0. The van der Waals surface area contributed by atoms with E-state index in [2.05, 4.69) is 11.9 Å². The standard InChI is InChI=1S/C26H31FN2O4/c1-5-12-32-24-10-7-20(14-25(24)31-4)8-11-26(30)28-15-21-6-9-23(22(27)13-21)29-16-18(2)33-19(3)17-29/h5-11,13-14,18-19H,1,12,15-17H2,2-4H3,(H,28,30)/b11-8+. The average molecular weight is 455 g/mol. The minimum absolute atomic E-state index is 0.0507. The van der Waals surface area contributed by atoms with E-state index in [0.717, 1.165) is 5.56 Å². The summed E-state index contributed by atoms with van der Waals surface area (Å²) in [7, 11) is 1.56. The van der Waals surface area contributed by atoms with Crippen molar-refractivity contribution in [3.8, 4) is 11.5 Å². The van der Waals surface area contributed by atoms with Crippen LogP contribution in [0, 0.1) is 5.82 Å². The molecule has 1 heterocycles. The van der Waals surface area contributed by atoms with Crippen LogP contribution in [-0.4, -0.2) is 44.9 Å². The number of hydrogen-bond acceptors (Lipinski definition) is 5. The van der Waals surface area contributed by atoms with Gasteiger partial charge in [-0.1, -0.05) is 24.8 Å². The number of amides is 1. The van der Waals surface area contributed by atoms with Crippen LogP contribution >= 0.6 is 0 Å². The van der Waals surface area contributed by atoms with Crippen molar-refractivity contribution in [2.75, 3.05) is 31.7 Å². The zero-order valence-corrected chi connectivity index (χ0v) is 19.3. The van der Waals surface area contributed by atoms with Crippen LogP contribution in [0.2, 0.25) is 0 Å². The van der Waals surface area contributed by atoms with Gasteiger partial charge in [0.25, 0.3) is 0 Å². The lowest BCUT2D eigenvalue weighted by Gasteiger charge is -2.37. The van der Waals surface area contributed by atoms with Crippen LogP contribution in [0.3, 0.4) is 0 Å². The Labute approximate surface area is 194 Å². The molecule has 7 heteroatoms. The zero-order chi connectivity index (χ0) is 23.8. The predicted molar refractivity (Wildman–Crippen MR) is 128 cm³/mol. The van der Waals surface area contributed by atoms with Crippen LogP contribution in [0.5, 0.6) is 11.5 Å². The van der Waals surface area contributed by atoms with Gasteiger partial charge in [0, 0.05) is 25.7 Å². The lowest BCUT2D eigenvalue weighted by molar-refractivity contribution is -0.116. The van der Waals surface area contributed by atoms with Crippen molar-refractivity contribution >= 4 is 17.7 Å². The summed E-state index contributed by atoms with van der Waals surface area (Å²) in [6.45, 7) is 9.49. The van der Waals surface area contributed by atoms with E-state index in [0.29, 0.717) is 42.4 Å². The number of carbonyl (C=O) groups is 1. The fraction of sp³-hybridized carbons (Fsp3) is 0.346. The molecule has 3 rings (SSSR count). The molecular weight excluding hydrogens is 423 g/mol. The molecule has 6 nitrogen and oxygen atoms in total. The van der Waals surface area contributed by atoms with Gasteiger partial charge in [-0.15, -0.1) is 0 Å². The van der Waals surface area contributed by atoms with E-state index in [1.807, 2.05) is 30.9 Å². The number of nitrogens with zero attached hydrogens (tertiary/aromatic N) is 1. The van der Waals surface area contributed by atoms with Crippen molar-refractivity contribution in [3.63, 3.8) is 0 Å². The minimum Gasteiger partial charge on any atom is -0.493 e. The van der Waals surface area contributed by atoms with E-state index in [1.54, 1.807) is 37.5 Å². The SMILES string of the molecule is C=CCOc1ccc(/C=C/C(=O)NCc2ccc(N3CC(C)OC(C)C3)c(F)c2)cc1OC. The van der Waals surface area contributed by atoms with Crippen molar-refractivity contribution in [1.29, 1.82) is 0 Å².